The van der Waals surface area contributed by atoms with Crippen LogP contribution in [-0.2, 0) is 0 Å². The first-order valence-electron chi connectivity index (χ1n) is 5.02. The molecule has 0 spiro atoms. The van der Waals surface area contributed by atoms with Gasteiger partial charge in [0.25, 0.3) is 0 Å². The van der Waals surface area contributed by atoms with Crippen LogP contribution in [0.25, 0.3) is 0 Å². The van der Waals surface area contributed by atoms with Gasteiger partial charge in [0, 0.05) is 6.54 Å². The van der Waals surface area contributed by atoms with Crippen molar-refractivity contribution in [2.75, 3.05) is 18.5 Å². The summed E-state index contributed by atoms with van der Waals surface area (Å²) in [6, 6.07) is 0. The van der Waals surface area contributed by atoms with E-state index < -0.39 is 0 Å². The van der Waals surface area contributed by atoms with E-state index in [0.717, 1.165) is 13.0 Å². The van der Waals surface area contributed by atoms with Crippen molar-refractivity contribution in [3.8, 4) is 11.8 Å². The standard InChI is InChI=1S/C10H14ClN5/c1-3-5-7-16(6-4-2)15-10-13-8-12-9(11)14-10/h8H,4,6-7H2,1-2H3,(H,12,13,14,15). The maximum Gasteiger partial charge on any atom is 0.241 e. The van der Waals surface area contributed by atoms with Crippen molar-refractivity contribution in [2.24, 2.45) is 0 Å². The van der Waals surface area contributed by atoms with Gasteiger partial charge in [0.2, 0.25) is 11.2 Å². The summed E-state index contributed by atoms with van der Waals surface area (Å²) in [4.78, 5) is 11.6. The third kappa shape index (κ3) is 4.43. The number of halogens is 1. The van der Waals surface area contributed by atoms with E-state index in [1.165, 1.54) is 6.33 Å². The molecule has 0 aliphatic rings. The van der Waals surface area contributed by atoms with E-state index >= 15 is 0 Å². The van der Waals surface area contributed by atoms with Gasteiger partial charge < -0.3 is 0 Å². The fraction of sp³-hybridized carbons (Fsp3) is 0.500. The second-order valence-corrected chi connectivity index (χ2v) is 3.38. The first kappa shape index (κ1) is 12.7. The van der Waals surface area contributed by atoms with E-state index in [2.05, 4.69) is 39.1 Å². The number of nitrogens with zero attached hydrogens (tertiary/aromatic N) is 4. The minimum Gasteiger partial charge on any atom is -0.286 e. The molecule has 1 N–H and O–H groups in total. The van der Waals surface area contributed by atoms with Crippen LogP contribution in [0, 0.1) is 11.8 Å². The Labute approximate surface area is 100 Å². The molecule has 0 radical (unpaired) electrons. The highest BCUT2D eigenvalue weighted by molar-refractivity contribution is 6.28. The molecule has 0 unspecified atom stereocenters. The summed E-state index contributed by atoms with van der Waals surface area (Å²) in [5.41, 5.74) is 3.04. The Bertz CT molecular complexity index is 384. The van der Waals surface area contributed by atoms with E-state index in [4.69, 9.17) is 11.6 Å². The first-order chi connectivity index (χ1) is 7.76. The molecular weight excluding hydrogens is 226 g/mol. The summed E-state index contributed by atoms with van der Waals surface area (Å²) in [5.74, 6) is 6.26. The average molecular weight is 240 g/mol. The largest absolute Gasteiger partial charge is 0.286 e. The van der Waals surface area contributed by atoms with Crippen LogP contribution in [-0.4, -0.2) is 33.1 Å². The summed E-state index contributed by atoms with van der Waals surface area (Å²) in [6.45, 7) is 5.38. The molecule has 0 fully saturated rings. The van der Waals surface area contributed by atoms with Gasteiger partial charge in [0.15, 0.2) is 0 Å². The topological polar surface area (TPSA) is 53.9 Å². The lowest BCUT2D eigenvalue weighted by molar-refractivity contribution is 0.366. The smallest absolute Gasteiger partial charge is 0.241 e. The van der Waals surface area contributed by atoms with Crippen molar-refractivity contribution in [1.29, 1.82) is 0 Å². The molecule has 0 aromatic carbocycles. The Morgan fingerprint density at radius 3 is 2.94 bits per heavy atom. The van der Waals surface area contributed by atoms with Crippen LogP contribution in [0.15, 0.2) is 6.33 Å². The van der Waals surface area contributed by atoms with Crippen LogP contribution >= 0.6 is 11.6 Å². The van der Waals surface area contributed by atoms with E-state index in [1.807, 2.05) is 11.9 Å². The Hall–Kier alpha value is -1.38. The van der Waals surface area contributed by atoms with Crippen molar-refractivity contribution in [2.45, 2.75) is 20.3 Å². The van der Waals surface area contributed by atoms with E-state index in [1.54, 1.807) is 0 Å². The number of hydrogen-bond donors (Lipinski definition) is 1. The van der Waals surface area contributed by atoms with Gasteiger partial charge in [0.1, 0.15) is 6.33 Å². The Balaban J connectivity index is 2.62. The van der Waals surface area contributed by atoms with Gasteiger partial charge in [0.05, 0.1) is 6.54 Å². The average Bonchev–Trinajstić information content (AvgIpc) is 2.26. The van der Waals surface area contributed by atoms with Crippen LogP contribution in [0.2, 0.25) is 5.28 Å². The van der Waals surface area contributed by atoms with Gasteiger partial charge in [-0.15, -0.1) is 5.92 Å². The van der Waals surface area contributed by atoms with Crippen LogP contribution in [0.4, 0.5) is 5.95 Å². The summed E-state index contributed by atoms with van der Waals surface area (Å²) in [5, 5.41) is 2.11. The normalized spacial score (nSPS) is 9.75. The molecule has 0 bridgehead atoms. The molecule has 0 atom stereocenters. The number of rotatable bonds is 5. The SMILES string of the molecule is CC#CCN(CCC)Nc1ncnc(Cl)n1. The quantitative estimate of drug-likeness (QED) is 0.625. The molecule has 1 rings (SSSR count). The van der Waals surface area contributed by atoms with Crippen LogP contribution in [0.5, 0.6) is 0 Å². The van der Waals surface area contributed by atoms with Gasteiger partial charge in [-0.1, -0.05) is 12.8 Å². The fourth-order valence-corrected chi connectivity index (χ4v) is 1.21. The van der Waals surface area contributed by atoms with Gasteiger partial charge in [-0.2, -0.15) is 4.98 Å². The highest BCUT2D eigenvalue weighted by Crippen LogP contribution is 2.03. The molecule has 5 nitrogen and oxygen atoms in total. The van der Waals surface area contributed by atoms with Gasteiger partial charge in [-0.05, 0) is 24.9 Å². The Kier molecular flexibility index (Phi) is 5.54. The number of aromatic nitrogens is 3. The summed E-state index contributed by atoms with van der Waals surface area (Å²) < 4.78 is 0. The molecule has 0 aliphatic heterocycles. The summed E-state index contributed by atoms with van der Waals surface area (Å²) in [7, 11) is 0. The zero-order valence-electron chi connectivity index (χ0n) is 9.37. The van der Waals surface area contributed by atoms with E-state index in [9.17, 15) is 0 Å². The maximum absolute atomic E-state index is 5.66. The predicted octanol–water partition coefficient (Wildman–Crippen LogP) is 1.59. The van der Waals surface area contributed by atoms with E-state index in [0.29, 0.717) is 12.5 Å². The van der Waals surface area contributed by atoms with Crippen LogP contribution in [0.1, 0.15) is 20.3 Å². The van der Waals surface area contributed by atoms with Gasteiger partial charge >= 0.3 is 0 Å². The molecular formula is C10H14ClN5. The zero-order chi connectivity index (χ0) is 11.8. The first-order valence-corrected chi connectivity index (χ1v) is 5.39. The number of anilines is 1. The molecule has 86 valence electrons. The van der Waals surface area contributed by atoms with Gasteiger partial charge in [-0.3, -0.25) is 5.43 Å². The lowest BCUT2D eigenvalue weighted by Gasteiger charge is -2.19. The Morgan fingerprint density at radius 2 is 2.31 bits per heavy atom. The molecule has 0 aliphatic carbocycles. The lowest BCUT2D eigenvalue weighted by atomic mass is 10.4. The molecule has 1 aromatic heterocycles. The van der Waals surface area contributed by atoms with Gasteiger partial charge in [-0.25, -0.2) is 15.0 Å². The Morgan fingerprint density at radius 1 is 1.50 bits per heavy atom. The minimum absolute atomic E-state index is 0.176. The molecule has 0 amide bonds. The van der Waals surface area contributed by atoms with Crippen LogP contribution < -0.4 is 5.43 Å². The van der Waals surface area contributed by atoms with Crippen molar-refractivity contribution in [3.63, 3.8) is 0 Å². The predicted molar refractivity (Wildman–Crippen MR) is 63.8 cm³/mol. The fourth-order valence-electron chi connectivity index (χ4n) is 1.09. The molecule has 0 saturated carbocycles. The second-order valence-electron chi connectivity index (χ2n) is 3.04. The highest BCUT2D eigenvalue weighted by Gasteiger charge is 2.04. The lowest BCUT2D eigenvalue weighted by Crippen LogP contribution is -2.32. The highest BCUT2D eigenvalue weighted by atomic mass is 35.5. The molecule has 16 heavy (non-hydrogen) atoms. The van der Waals surface area contributed by atoms with Crippen molar-refractivity contribution < 1.29 is 0 Å². The summed E-state index contributed by atoms with van der Waals surface area (Å²) >= 11 is 5.66. The molecule has 1 aromatic rings. The van der Waals surface area contributed by atoms with Crippen molar-refractivity contribution in [3.05, 3.63) is 11.6 Å². The maximum atomic E-state index is 5.66. The summed E-state index contributed by atoms with van der Waals surface area (Å²) in [6.07, 6.45) is 2.38. The third-order valence-corrected chi connectivity index (χ3v) is 1.92. The number of hydrazine groups is 1. The molecule has 1 heterocycles. The van der Waals surface area contributed by atoms with Crippen molar-refractivity contribution >= 4 is 17.5 Å². The molecule has 0 saturated heterocycles. The number of hydrogen-bond acceptors (Lipinski definition) is 5. The van der Waals surface area contributed by atoms with E-state index in [-0.39, 0.29) is 5.28 Å². The molecule has 6 heteroatoms. The van der Waals surface area contributed by atoms with Crippen LogP contribution in [0.3, 0.4) is 0 Å². The third-order valence-electron chi connectivity index (χ3n) is 1.74. The zero-order valence-corrected chi connectivity index (χ0v) is 10.1. The monoisotopic (exact) mass is 239 g/mol. The van der Waals surface area contributed by atoms with Crippen molar-refractivity contribution in [1.82, 2.24) is 20.0 Å². The minimum atomic E-state index is 0.176. The second kappa shape index (κ2) is 6.99. The number of nitrogens with one attached hydrogen (secondary N) is 1.